The number of aryl methyl sites for hydroxylation is 2. The number of benzene rings is 1. The smallest absolute Gasteiger partial charge is 0.277 e. The summed E-state index contributed by atoms with van der Waals surface area (Å²) >= 11 is 0. The van der Waals surface area contributed by atoms with Gasteiger partial charge in [0.15, 0.2) is 0 Å². The monoisotopic (exact) mass is 321 g/mol. The molecule has 24 heavy (non-hydrogen) atoms. The van der Waals surface area contributed by atoms with Crippen LogP contribution in [-0.4, -0.2) is 21.8 Å². The van der Waals surface area contributed by atoms with Crippen molar-refractivity contribution in [3.05, 3.63) is 65.6 Å². The molecule has 0 N–H and O–H groups in total. The van der Waals surface area contributed by atoms with Crippen LogP contribution in [0.5, 0.6) is 0 Å². The quantitative estimate of drug-likeness (QED) is 0.704. The van der Waals surface area contributed by atoms with Gasteiger partial charge in [-0.25, -0.2) is 4.98 Å². The van der Waals surface area contributed by atoms with E-state index in [1.807, 2.05) is 71.8 Å². The number of rotatable bonds is 5. The molecule has 3 rings (SSSR count). The van der Waals surface area contributed by atoms with Crippen LogP contribution in [0.15, 0.2) is 48.7 Å². The largest absolute Gasteiger partial charge is 0.307 e. The van der Waals surface area contributed by atoms with Crippen molar-refractivity contribution < 1.29 is 4.79 Å². The highest BCUT2D eigenvalue weighted by Gasteiger charge is 2.24. The minimum Gasteiger partial charge on any atom is -0.307 e. The van der Waals surface area contributed by atoms with E-state index in [0.29, 0.717) is 12.2 Å². The Kier molecular flexibility index (Phi) is 4.65. The zero-order chi connectivity index (χ0) is 17.1. The molecule has 0 spiro atoms. The molecule has 0 saturated carbocycles. The molecule has 4 heteroatoms. The summed E-state index contributed by atoms with van der Waals surface area (Å²) in [6.45, 7) is 6.76. The van der Waals surface area contributed by atoms with Crippen molar-refractivity contribution >= 4 is 17.2 Å². The second-order valence-corrected chi connectivity index (χ2v) is 5.93. The number of hydrogen-bond acceptors (Lipinski definition) is 2. The second-order valence-electron chi connectivity index (χ2n) is 5.93. The van der Waals surface area contributed by atoms with Crippen molar-refractivity contribution in [2.24, 2.45) is 0 Å². The summed E-state index contributed by atoms with van der Waals surface area (Å²) in [5.41, 5.74) is 4.42. The number of imidazole rings is 1. The highest BCUT2D eigenvalue weighted by molar-refractivity contribution is 6.06. The summed E-state index contributed by atoms with van der Waals surface area (Å²) in [4.78, 5) is 19.9. The Labute approximate surface area is 142 Å². The van der Waals surface area contributed by atoms with E-state index in [4.69, 9.17) is 4.98 Å². The van der Waals surface area contributed by atoms with Gasteiger partial charge in [-0.3, -0.25) is 9.20 Å². The lowest BCUT2D eigenvalue weighted by Crippen LogP contribution is -2.32. The van der Waals surface area contributed by atoms with E-state index in [0.717, 1.165) is 35.4 Å². The van der Waals surface area contributed by atoms with Gasteiger partial charge in [0.25, 0.3) is 5.91 Å². The molecule has 0 fully saturated rings. The third kappa shape index (κ3) is 2.80. The minimum atomic E-state index is 0.00486. The van der Waals surface area contributed by atoms with Gasteiger partial charge in [-0.15, -0.1) is 0 Å². The van der Waals surface area contributed by atoms with Gasteiger partial charge in [0.2, 0.25) is 0 Å². The number of carbonyl (C=O) groups excluding carboxylic acids is 1. The Bertz CT molecular complexity index is 852. The number of carbonyl (C=O) groups is 1. The third-order valence-electron chi connectivity index (χ3n) is 4.24. The van der Waals surface area contributed by atoms with Crippen molar-refractivity contribution in [3.8, 4) is 0 Å². The molecule has 0 aliphatic carbocycles. The molecule has 3 aromatic rings. The molecule has 124 valence electrons. The average Bonchev–Trinajstić information content (AvgIpc) is 2.96. The van der Waals surface area contributed by atoms with Gasteiger partial charge in [-0.05, 0) is 44.0 Å². The fourth-order valence-corrected chi connectivity index (χ4v) is 3.07. The molecule has 0 unspecified atom stereocenters. The Morgan fingerprint density at radius 1 is 1.12 bits per heavy atom. The Morgan fingerprint density at radius 2 is 1.88 bits per heavy atom. The first kappa shape index (κ1) is 16.2. The van der Waals surface area contributed by atoms with Crippen molar-refractivity contribution in [2.75, 3.05) is 11.4 Å². The number of hydrogen-bond donors (Lipinski definition) is 0. The summed E-state index contributed by atoms with van der Waals surface area (Å²) in [6, 6.07) is 13.8. The predicted octanol–water partition coefficient (Wildman–Crippen LogP) is 4.26. The highest BCUT2D eigenvalue weighted by Crippen LogP contribution is 2.22. The zero-order valence-electron chi connectivity index (χ0n) is 14.5. The Morgan fingerprint density at radius 3 is 2.54 bits per heavy atom. The molecule has 1 amide bonds. The number of pyridine rings is 1. The molecule has 2 aromatic heterocycles. The van der Waals surface area contributed by atoms with E-state index in [1.54, 1.807) is 0 Å². The molecular weight excluding hydrogens is 298 g/mol. The maximum atomic E-state index is 13.3. The van der Waals surface area contributed by atoms with Gasteiger partial charge in [0.1, 0.15) is 11.3 Å². The van der Waals surface area contributed by atoms with Crippen LogP contribution in [0.2, 0.25) is 0 Å². The number of fused-ring (bicyclic) bond motifs is 1. The normalized spacial score (nSPS) is 11.0. The van der Waals surface area contributed by atoms with Gasteiger partial charge in [-0.1, -0.05) is 37.6 Å². The fourth-order valence-electron chi connectivity index (χ4n) is 3.07. The molecule has 0 radical (unpaired) electrons. The lowest BCUT2D eigenvalue weighted by molar-refractivity contribution is 0.0981. The van der Waals surface area contributed by atoms with Crippen LogP contribution < -0.4 is 4.90 Å². The van der Waals surface area contributed by atoms with Crippen LogP contribution in [0.3, 0.4) is 0 Å². The molecule has 4 nitrogen and oxygen atoms in total. The summed E-state index contributed by atoms with van der Waals surface area (Å²) in [6.07, 6.45) is 3.69. The lowest BCUT2D eigenvalue weighted by atomic mass is 10.2. The van der Waals surface area contributed by atoms with Gasteiger partial charge in [-0.2, -0.15) is 0 Å². The van der Waals surface area contributed by atoms with Gasteiger partial charge in [0.05, 0.1) is 5.69 Å². The maximum absolute atomic E-state index is 13.3. The fraction of sp³-hybridized carbons (Fsp3) is 0.300. The first-order valence-electron chi connectivity index (χ1n) is 8.50. The third-order valence-corrected chi connectivity index (χ3v) is 4.24. The summed E-state index contributed by atoms with van der Waals surface area (Å²) in [7, 11) is 0. The standard InChI is InChI=1S/C20H23N3O/c1-4-10-17-18(23-14-9-11-15(3)19(23)21-17)20(24)22(5-2)16-12-7-6-8-13-16/h6-9,11-14H,4-5,10H2,1-3H3. The summed E-state index contributed by atoms with van der Waals surface area (Å²) < 4.78 is 1.94. The van der Waals surface area contributed by atoms with E-state index in [-0.39, 0.29) is 5.91 Å². The second kappa shape index (κ2) is 6.87. The Balaban J connectivity index is 2.14. The first-order valence-corrected chi connectivity index (χ1v) is 8.50. The lowest BCUT2D eigenvalue weighted by Gasteiger charge is -2.21. The molecule has 0 bridgehead atoms. The molecule has 0 aliphatic rings. The molecule has 2 heterocycles. The van der Waals surface area contributed by atoms with Crippen LogP contribution in [0.1, 0.15) is 42.0 Å². The van der Waals surface area contributed by atoms with Crippen LogP contribution in [0, 0.1) is 6.92 Å². The van der Waals surface area contributed by atoms with Crippen LogP contribution in [0.25, 0.3) is 5.65 Å². The van der Waals surface area contributed by atoms with Crippen molar-refractivity contribution in [1.29, 1.82) is 0 Å². The van der Waals surface area contributed by atoms with E-state index in [9.17, 15) is 4.79 Å². The molecule has 1 aromatic carbocycles. The van der Waals surface area contributed by atoms with Crippen molar-refractivity contribution in [3.63, 3.8) is 0 Å². The first-order chi connectivity index (χ1) is 11.7. The van der Waals surface area contributed by atoms with E-state index >= 15 is 0 Å². The van der Waals surface area contributed by atoms with Crippen molar-refractivity contribution in [1.82, 2.24) is 9.38 Å². The van der Waals surface area contributed by atoms with E-state index < -0.39 is 0 Å². The summed E-state index contributed by atoms with van der Waals surface area (Å²) in [5.74, 6) is 0.00486. The van der Waals surface area contributed by atoms with Crippen LogP contribution in [-0.2, 0) is 6.42 Å². The minimum absolute atomic E-state index is 0.00486. The predicted molar refractivity (Wildman–Crippen MR) is 97.7 cm³/mol. The van der Waals surface area contributed by atoms with Crippen LogP contribution in [0.4, 0.5) is 5.69 Å². The maximum Gasteiger partial charge on any atom is 0.277 e. The van der Waals surface area contributed by atoms with Gasteiger partial charge >= 0.3 is 0 Å². The van der Waals surface area contributed by atoms with Gasteiger partial charge < -0.3 is 4.90 Å². The summed E-state index contributed by atoms with van der Waals surface area (Å²) in [5, 5.41) is 0. The zero-order valence-corrected chi connectivity index (χ0v) is 14.5. The molecule has 0 atom stereocenters. The van der Waals surface area contributed by atoms with E-state index in [1.165, 1.54) is 0 Å². The number of para-hydroxylation sites is 1. The molecule has 0 aliphatic heterocycles. The number of anilines is 1. The Hall–Kier alpha value is -2.62. The van der Waals surface area contributed by atoms with Crippen LogP contribution >= 0.6 is 0 Å². The topological polar surface area (TPSA) is 37.6 Å². The van der Waals surface area contributed by atoms with Gasteiger partial charge in [0, 0.05) is 18.4 Å². The van der Waals surface area contributed by atoms with Crippen molar-refractivity contribution in [2.45, 2.75) is 33.6 Å². The number of amides is 1. The molecule has 0 saturated heterocycles. The number of aromatic nitrogens is 2. The SMILES string of the molecule is CCCc1nc2c(C)cccn2c1C(=O)N(CC)c1ccccc1. The average molecular weight is 321 g/mol. The number of nitrogens with zero attached hydrogens (tertiary/aromatic N) is 3. The van der Waals surface area contributed by atoms with E-state index in [2.05, 4.69) is 6.92 Å². The molecular formula is C20H23N3O. The highest BCUT2D eigenvalue weighted by atomic mass is 16.2.